The predicted octanol–water partition coefficient (Wildman–Crippen LogP) is 4.68. The van der Waals surface area contributed by atoms with Crippen molar-refractivity contribution in [1.29, 1.82) is 0 Å². The second-order valence-electron chi connectivity index (χ2n) is 6.45. The van der Waals surface area contributed by atoms with E-state index in [0.29, 0.717) is 34.6 Å². The second kappa shape index (κ2) is 11.5. The van der Waals surface area contributed by atoms with E-state index < -0.39 is 11.8 Å². The summed E-state index contributed by atoms with van der Waals surface area (Å²) >= 11 is 0.452. The van der Waals surface area contributed by atoms with Crippen LogP contribution >= 0.6 is 11.8 Å². The first-order valence-electron chi connectivity index (χ1n) is 9.33. The minimum Gasteiger partial charge on any atom is -0.325 e. The highest BCUT2D eigenvalue weighted by Gasteiger charge is 2.23. The molecule has 2 amide bonds. The standard InChI is InChI=1S/C21H25F2N3O2S/c1-3-13-26(15(2)20(28)25-16-7-5-4-6-8-16)14-19(27)24-17-9-11-18(12-10-17)29-21(22)23/h4-12,15,21H,3,13-14H2,1-2H3,(H,24,27)(H,25,28). The first kappa shape index (κ1) is 22.8. The number of carbonyl (C=O) groups is 2. The molecule has 2 rings (SSSR count). The van der Waals surface area contributed by atoms with Crippen molar-refractivity contribution in [2.75, 3.05) is 23.7 Å². The Kier molecular flexibility index (Phi) is 9.08. The zero-order valence-electron chi connectivity index (χ0n) is 16.4. The molecule has 1 atom stereocenters. The lowest BCUT2D eigenvalue weighted by Gasteiger charge is -2.27. The molecule has 2 aromatic rings. The minimum absolute atomic E-state index is 0.0464. The number of benzene rings is 2. The third-order valence-electron chi connectivity index (χ3n) is 4.19. The Hall–Kier alpha value is -2.45. The smallest absolute Gasteiger partial charge is 0.288 e. The number of hydrogen-bond donors (Lipinski definition) is 2. The molecule has 0 aliphatic rings. The Labute approximate surface area is 173 Å². The Morgan fingerprint density at radius 1 is 1.00 bits per heavy atom. The third kappa shape index (κ3) is 7.83. The lowest BCUT2D eigenvalue weighted by molar-refractivity contribution is -0.123. The van der Waals surface area contributed by atoms with Gasteiger partial charge >= 0.3 is 0 Å². The third-order valence-corrected chi connectivity index (χ3v) is 4.91. The molecule has 0 heterocycles. The fourth-order valence-electron chi connectivity index (χ4n) is 2.74. The molecular weight excluding hydrogens is 396 g/mol. The van der Waals surface area contributed by atoms with E-state index in [0.717, 1.165) is 6.42 Å². The van der Waals surface area contributed by atoms with Crippen molar-refractivity contribution in [2.24, 2.45) is 0 Å². The summed E-state index contributed by atoms with van der Waals surface area (Å²) in [6, 6.07) is 14.9. The van der Waals surface area contributed by atoms with Gasteiger partial charge in [-0.05, 0) is 56.3 Å². The molecular formula is C21H25F2N3O2S. The lowest BCUT2D eigenvalue weighted by Crippen LogP contribution is -2.46. The molecule has 0 aromatic heterocycles. The van der Waals surface area contributed by atoms with Crippen molar-refractivity contribution >= 4 is 35.0 Å². The minimum atomic E-state index is -2.48. The molecule has 0 radical (unpaired) electrons. The first-order valence-corrected chi connectivity index (χ1v) is 10.2. The number of thioether (sulfide) groups is 1. The van der Waals surface area contributed by atoms with Gasteiger partial charge in [0.1, 0.15) is 0 Å². The quantitative estimate of drug-likeness (QED) is 0.547. The van der Waals surface area contributed by atoms with Gasteiger partial charge in [0, 0.05) is 16.3 Å². The molecule has 0 bridgehead atoms. The van der Waals surface area contributed by atoms with E-state index in [4.69, 9.17) is 0 Å². The molecule has 0 aliphatic heterocycles. The fourth-order valence-corrected chi connectivity index (χ4v) is 3.23. The number of alkyl halides is 2. The molecule has 1 unspecified atom stereocenters. The van der Waals surface area contributed by atoms with Gasteiger partial charge in [0.25, 0.3) is 5.76 Å². The number of amides is 2. The van der Waals surface area contributed by atoms with Crippen LogP contribution in [0.4, 0.5) is 20.2 Å². The van der Waals surface area contributed by atoms with Crippen LogP contribution in [0.2, 0.25) is 0 Å². The van der Waals surface area contributed by atoms with Gasteiger partial charge in [-0.3, -0.25) is 14.5 Å². The molecule has 2 aromatic carbocycles. The van der Waals surface area contributed by atoms with Gasteiger partial charge in [0.15, 0.2) is 0 Å². The molecule has 0 fully saturated rings. The number of rotatable bonds is 10. The molecule has 0 saturated carbocycles. The molecule has 8 heteroatoms. The van der Waals surface area contributed by atoms with Gasteiger partial charge < -0.3 is 10.6 Å². The van der Waals surface area contributed by atoms with Crippen molar-refractivity contribution < 1.29 is 18.4 Å². The van der Waals surface area contributed by atoms with E-state index in [9.17, 15) is 18.4 Å². The second-order valence-corrected chi connectivity index (χ2v) is 7.52. The zero-order valence-corrected chi connectivity index (χ0v) is 17.2. The van der Waals surface area contributed by atoms with Crippen LogP contribution in [-0.2, 0) is 9.59 Å². The SMILES string of the molecule is CCCN(CC(=O)Nc1ccc(SC(F)F)cc1)C(C)C(=O)Nc1ccccc1. The maximum absolute atomic E-state index is 12.5. The normalized spacial score (nSPS) is 12.1. The summed E-state index contributed by atoms with van der Waals surface area (Å²) in [5.74, 6) is -2.94. The van der Waals surface area contributed by atoms with Gasteiger partial charge in [-0.2, -0.15) is 8.78 Å². The largest absolute Gasteiger partial charge is 0.325 e. The van der Waals surface area contributed by atoms with Gasteiger partial charge in [-0.1, -0.05) is 36.9 Å². The van der Waals surface area contributed by atoms with Crippen molar-refractivity contribution in [3.63, 3.8) is 0 Å². The van der Waals surface area contributed by atoms with E-state index in [1.807, 2.05) is 25.1 Å². The van der Waals surface area contributed by atoms with Crippen LogP contribution in [0.25, 0.3) is 0 Å². The average Bonchev–Trinajstić information content (AvgIpc) is 2.69. The van der Waals surface area contributed by atoms with Gasteiger partial charge in [0.2, 0.25) is 11.8 Å². The van der Waals surface area contributed by atoms with Gasteiger partial charge in [-0.15, -0.1) is 0 Å². The van der Waals surface area contributed by atoms with Crippen molar-refractivity contribution in [1.82, 2.24) is 4.90 Å². The summed E-state index contributed by atoms with van der Waals surface area (Å²) in [5.41, 5.74) is 1.22. The van der Waals surface area contributed by atoms with Crippen LogP contribution in [0.3, 0.4) is 0 Å². The van der Waals surface area contributed by atoms with E-state index >= 15 is 0 Å². The summed E-state index contributed by atoms with van der Waals surface area (Å²) < 4.78 is 24.8. The highest BCUT2D eigenvalue weighted by Crippen LogP contribution is 2.26. The number of nitrogens with zero attached hydrogens (tertiary/aromatic N) is 1. The number of anilines is 2. The van der Waals surface area contributed by atoms with E-state index in [-0.39, 0.29) is 18.4 Å². The highest BCUT2D eigenvalue weighted by molar-refractivity contribution is 7.99. The summed E-state index contributed by atoms with van der Waals surface area (Å²) in [6.45, 7) is 4.37. The Morgan fingerprint density at radius 2 is 1.62 bits per heavy atom. The number of halogens is 2. The zero-order chi connectivity index (χ0) is 21.2. The van der Waals surface area contributed by atoms with Crippen LogP contribution in [-0.4, -0.2) is 41.6 Å². The maximum Gasteiger partial charge on any atom is 0.288 e. The summed E-state index contributed by atoms with van der Waals surface area (Å²) in [4.78, 5) is 27.2. The topological polar surface area (TPSA) is 61.4 Å². The Bertz CT molecular complexity index is 788. The van der Waals surface area contributed by atoms with E-state index in [2.05, 4.69) is 10.6 Å². The fraction of sp³-hybridized carbons (Fsp3) is 0.333. The first-order chi connectivity index (χ1) is 13.9. The molecule has 2 N–H and O–H groups in total. The molecule has 0 aliphatic carbocycles. The lowest BCUT2D eigenvalue weighted by atomic mass is 10.2. The van der Waals surface area contributed by atoms with E-state index in [1.165, 1.54) is 12.1 Å². The van der Waals surface area contributed by atoms with Crippen molar-refractivity contribution in [3.8, 4) is 0 Å². The molecule has 0 spiro atoms. The van der Waals surface area contributed by atoms with Crippen LogP contribution in [0.1, 0.15) is 20.3 Å². The number of hydrogen-bond acceptors (Lipinski definition) is 4. The number of para-hydroxylation sites is 1. The van der Waals surface area contributed by atoms with Crippen LogP contribution in [0.5, 0.6) is 0 Å². The monoisotopic (exact) mass is 421 g/mol. The molecule has 29 heavy (non-hydrogen) atoms. The predicted molar refractivity (Wildman–Crippen MR) is 113 cm³/mol. The summed E-state index contributed by atoms with van der Waals surface area (Å²) in [6.07, 6.45) is 0.787. The van der Waals surface area contributed by atoms with Crippen LogP contribution in [0, 0.1) is 0 Å². The average molecular weight is 422 g/mol. The summed E-state index contributed by atoms with van der Waals surface area (Å²) in [5, 5.41) is 5.60. The molecule has 5 nitrogen and oxygen atoms in total. The maximum atomic E-state index is 12.5. The summed E-state index contributed by atoms with van der Waals surface area (Å²) in [7, 11) is 0. The number of carbonyl (C=O) groups excluding carboxylic acids is 2. The van der Waals surface area contributed by atoms with Crippen LogP contribution < -0.4 is 10.6 Å². The molecule has 0 saturated heterocycles. The highest BCUT2D eigenvalue weighted by atomic mass is 32.2. The number of nitrogens with one attached hydrogen (secondary N) is 2. The van der Waals surface area contributed by atoms with Gasteiger partial charge in [0.05, 0.1) is 12.6 Å². The van der Waals surface area contributed by atoms with Gasteiger partial charge in [-0.25, -0.2) is 0 Å². The Balaban J connectivity index is 1.94. The molecule has 156 valence electrons. The Morgan fingerprint density at radius 3 is 2.21 bits per heavy atom. The van der Waals surface area contributed by atoms with Crippen molar-refractivity contribution in [2.45, 2.75) is 37.0 Å². The van der Waals surface area contributed by atoms with Crippen molar-refractivity contribution in [3.05, 3.63) is 54.6 Å². The van der Waals surface area contributed by atoms with E-state index in [1.54, 1.807) is 36.1 Å². The van der Waals surface area contributed by atoms with Crippen LogP contribution in [0.15, 0.2) is 59.5 Å².